The summed E-state index contributed by atoms with van der Waals surface area (Å²) < 4.78 is 11.4. The van der Waals surface area contributed by atoms with Gasteiger partial charge >= 0.3 is 12.0 Å². The van der Waals surface area contributed by atoms with Gasteiger partial charge < -0.3 is 14.6 Å². The number of carboxylic acids is 1. The summed E-state index contributed by atoms with van der Waals surface area (Å²) in [6.07, 6.45) is 8.06. The summed E-state index contributed by atoms with van der Waals surface area (Å²) in [7, 11) is 1.48. The van der Waals surface area contributed by atoms with Crippen LogP contribution in [0.3, 0.4) is 0 Å². The van der Waals surface area contributed by atoms with Crippen LogP contribution in [0.5, 0.6) is 11.5 Å². The molecule has 4 amide bonds. The molecule has 0 atom stereocenters. The van der Waals surface area contributed by atoms with Crippen molar-refractivity contribution in [1.82, 2.24) is 5.32 Å². The number of carbonyl (C=O) groups excluding carboxylic acids is 3. The quantitative estimate of drug-likeness (QED) is 0.232. The second kappa shape index (κ2) is 11.5. The lowest BCUT2D eigenvalue weighted by molar-refractivity contribution is -0.122. The number of nitrogens with one attached hydrogen (secondary N) is 1. The van der Waals surface area contributed by atoms with Gasteiger partial charge in [-0.3, -0.25) is 14.9 Å². The number of amides is 4. The highest BCUT2D eigenvalue weighted by Crippen LogP contribution is 2.59. The van der Waals surface area contributed by atoms with E-state index in [9.17, 15) is 19.2 Å². The van der Waals surface area contributed by atoms with Crippen LogP contribution in [0.15, 0.2) is 72.3 Å². The molecule has 0 aromatic heterocycles. The number of carboxylic acid groups (broad SMARTS) is 1. The largest absolute Gasteiger partial charge is 0.493 e. The lowest BCUT2D eigenvalue weighted by Crippen LogP contribution is -2.54. The van der Waals surface area contributed by atoms with E-state index >= 15 is 0 Å². The Hall–Kier alpha value is -4.92. The van der Waals surface area contributed by atoms with Gasteiger partial charge in [-0.2, -0.15) is 0 Å². The van der Waals surface area contributed by atoms with Gasteiger partial charge in [0.15, 0.2) is 11.5 Å². The van der Waals surface area contributed by atoms with Crippen LogP contribution >= 0.6 is 0 Å². The first kappa shape index (κ1) is 28.8. The van der Waals surface area contributed by atoms with E-state index in [0.717, 1.165) is 34.1 Å². The Bertz CT molecular complexity index is 1680. The number of carbonyl (C=O) groups is 4. The minimum absolute atomic E-state index is 0.172. The van der Waals surface area contributed by atoms with E-state index in [4.69, 9.17) is 14.6 Å². The number of methoxy groups -OCH3 is 1. The molecule has 5 fully saturated rings. The number of imide groups is 2. The standard InChI is InChI=1S/C36H34N2O7/c1-44-31-18-21(4-11-30(31)45-19-20-2-5-25(6-3-20)35(41)42)17-29-33(39)37-36(43)38(34(29)40)28-9-7-24(8-10-28)32-26-13-22-12-23(15-26)16-27(32)14-22/h2-11,17-18,22-23,26-27,32H,12-16,19H2,1H3,(H,41,42)(H,37,39,43)/b29-17-. The predicted molar refractivity (Wildman–Crippen MR) is 166 cm³/mol. The van der Waals surface area contributed by atoms with Gasteiger partial charge in [0.05, 0.1) is 18.4 Å². The Balaban J connectivity index is 1.08. The molecule has 1 aliphatic heterocycles. The number of ether oxygens (including phenoxy) is 2. The molecule has 3 aromatic carbocycles. The van der Waals surface area contributed by atoms with E-state index in [-0.39, 0.29) is 17.7 Å². The van der Waals surface area contributed by atoms with Crippen LogP contribution in [0.2, 0.25) is 0 Å². The zero-order chi connectivity index (χ0) is 31.2. The average Bonchev–Trinajstić information content (AvgIpc) is 3.02. The summed E-state index contributed by atoms with van der Waals surface area (Å²) in [6.45, 7) is 0.177. The monoisotopic (exact) mass is 606 g/mol. The number of benzene rings is 3. The van der Waals surface area contributed by atoms with Crippen molar-refractivity contribution < 1.29 is 33.8 Å². The molecule has 8 rings (SSSR count). The number of barbiturate groups is 1. The molecule has 1 saturated heterocycles. The van der Waals surface area contributed by atoms with Gasteiger partial charge in [-0.25, -0.2) is 14.5 Å². The van der Waals surface area contributed by atoms with Gasteiger partial charge in [-0.05, 0) is 121 Å². The third-order valence-electron chi connectivity index (χ3n) is 9.96. The average molecular weight is 607 g/mol. The molecule has 1 heterocycles. The zero-order valence-corrected chi connectivity index (χ0v) is 24.9. The topological polar surface area (TPSA) is 122 Å². The van der Waals surface area contributed by atoms with E-state index in [1.807, 2.05) is 24.3 Å². The summed E-state index contributed by atoms with van der Waals surface area (Å²) in [5.74, 6) is 2.08. The fourth-order valence-electron chi connectivity index (χ4n) is 8.17. The minimum atomic E-state index is -1.00. The first-order chi connectivity index (χ1) is 21.8. The molecule has 0 spiro atoms. The van der Waals surface area contributed by atoms with Gasteiger partial charge in [0.2, 0.25) is 0 Å². The number of hydrogen-bond donors (Lipinski definition) is 2. The maximum atomic E-state index is 13.6. The Morgan fingerprint density at radius 3 is 2.18 bits per heavy atom. The second-order valence-corrected chi connectivity index (χ2v) is 12.7. The predicted octanol–water partition coefficient (Wildman–Crippen LogP) is 6.18. The van der Waals surface area contributed by atoms with Crippen molar-refractivity contribution in [2.24, 2.45) is 23.7 Å². The van der Waals surface area contributed by atoms with Crippen LogP contribution in [0.25, 0.3) is 6.08 Å². The van der Waals surface area contributed by atoms with Gasteiger partial charge in [-0.1, -0.05) is 30.3 Å². The number of urea groups is 1. The van der Waals surface area contributed by atoms with Crippen molar-refractivity contribution in [3.05, 3.63) is 94.6 Å². The molecule has 5 aliphatic rings. The molecular formula is C36H34N2O7. The van der Waals surface area contributed by atoms with Crippen LogP contribution in [0.1, 0.15) is 65.1 Å². The number of rotatable bonds is 8. The van der Waals surface area contributed by atoms with E-state index < -0.39 is 23.8 Å². The van der Waals surface area contributed by atoms with E-state index in [0.29, 0.717) is 28.7 Å². The van der Waals surface area contributed by atoms with Crippen molar-refractivity contribution in [3.63, 3.8) is 0 Å². The molecule has 4 saturated carbocycles. The maximum absolute atomic E-state index is 13.6. The number of hydrogen-bond acceptors (Lipinski definition) is 6. The van der Waals surface area contributed by atoms with E-state index in [1.54, 1.807) is 30.3 Å². The van der Waals surface area contributed by atoms with Crippen LogP contribution < -0.4 is 19.7 Å². The SMILES string of the molecule is COc1cc(/C=C2/C(=O)NC(=O)N(c3ccc(C4C5CC6CC(C5)CC4C6)cc3)C2=O)ccc1OCc1ccc(C(=O)O)cc1. The molecule has 0 radical (unpaired) electrons. The van der Waals surface area contributed by atoms with Crippen molar-refractivity contribution in [2.75, 3.05) is 12.0 Å². The molecule has 4 aliphatic carbocycles. The highest BCUT2D eigenvalue weighted by atomic mass is 16.5. The van der Waals surface area contributed by atoms with E-state index in [2.05, 4.69) is 5.32 Å². The van der Waals surface area contributed by atoms with Crippen LogP contribution in [-0.4, -0.2) is 36.0 Å². The van der Waals surface area contributed by atoms with E-state index in [1.165, 1.54) is 63.0 Å². The summed E-state index contributed by atoms with van der Waals surface area (Å²) in [5.41, 5.74) is 2.99. The fourth-order valence-corrected chi connectivity index (χ4v) is 8.17. The normalized spacial score (nSPS) is 26.2. The highest BCUT2D eigenvalue weighted by Gasteiger charge is 2.48. The van der Waals surface area contributed by atoms with Crippen molar-refractivity contribution in [3.8, 4) is 11.5 Å². The Morgan fingerprint density at radius 1 is 0.889 bits per heavy atom. The second-order valence-electron chi connectivity index (χ2n) is 12.7. The zero-order valence-electron chi connectivity index (χ0n) is 24.9. The summed E-state index contributed by atoms with van der Waals surface area (Å²) in [6, 6.07) is 18.3. The molecule has 230 valence electrons. The molecule has 45 heavy (non-hydrogen) atoms. The van der Waals surface area contributed by atoms with Gasteiger partial charge in [0.25, 0.3) is 11.8 Å². The molecule has 4 bridgehead atoms. The molecule has 0 unspecified atom stereocenters. The maximum Gasteiger partial charge on any atom is 0.335 e. The number of anilines is 1. The summed E-state index contributed by atoms with van der Waals surface area (Å²) >= 11 is 0. The van der Waals surface area contributed by atoms with Crippen molar-refractivity contribution in [2.45, 2.75) is 44.6 Å². The summed E-state index contributed by atoms with van der Waals surface area (Å²) in [4.78, 5) is 51.3. The lowest BCUT2D eigenvalue weighted by atomic mass is 9.51. The molecule has 9 heteroatoms. The smallest absolute Gasteiger partial charge is 0.335 e. The number of aromatic carboxylic acids is 1. The van der Waals surface area contributed by atoms with Crippen molar-refractivity contribution >= 4 is 35.6 Å². The van der Waals surface area contributed by atoms with Crippen LogP contribution in [-0.2, 0) is 16.2 Å². The summed E-state index contributed by atoms with van der Waals surface area (Å²) in [5, 5.41) is 11.4. The van der Waals surface area contributed by atoms with Crippen molar-refractivity contribution in [1.29, 1.82) is 0 Å². The fraction of sp³-hybridized carbons (Fsp3) is 0.333. The third kappa shape index (κ3) is 5.47. The minimum Gasteiger partial charge on any atom is -0.493 e. The van der Waals surface area contributed by atoms with Gasteiger partial charge in [0, 0.05) is 0 Å². The highest BCUT2D eigenvalue weighted by molar-refractivity contribution is 6.39. The third-order valence-corrected chi connectivity index (χ3v) is 9.96. The molecule has 2 N–H and O–H groups in total. The van der Waals surface area contributed by atoms with Crippen LogP contribution in [0, 0.1) is 23.7 Å². The lowest BCUT2D eigenvalue weighted by Gasteiger charge is -2.54. The molecule has 3 aromatic rings. The Morgan fingerprint density at radius 2 is 1.56 bits per heavy atom. The molecule has 9 nitrogen and oxygen atoms in total. The Labute approximate surface area is 260 Å². The Kier molecular flexibility index (Phi) is 7.39. The van der Waals surface area contributed by atoms with Gasteiger partial charge in [0.1, 0.15) is 12.2 Å². The first-order valence-corrected chi connectivity index (χ1v) is 15.4. The van der Waals surface area contributed by atoms with Crippen LogP contribution in [0.4, 0.5) is 10.5 Å². The molecular weight excluding hydrogens is 572 g/mol. The van der Waals surface area contributed by atoms with Gasteiger partial charge in [-0.15, -0.1) is 0 Å². The number of nitrogens with zero attached hydrogens (tertiary/aromatic N) is 1. The first-order valence-electron chi connectivity index (χ1n) is 15.4.